The second-order valence-corrected chi connectivity index (χ2v) is 7.98. The number of ether oxygens (including phenoxy) is 1. The lowest BCUT2D eigenvalue weighted by Gasteiger charge is -2.39. The molecule has 0 spiro atoms. The zero-order valence-electron chi connectivity index (χ0n) is 14.2. The predicted molar refractivity (Wildman–Crippen MR) is 99.7 cm³/mol. The third-order valence-corrected chi connectivity index (χ3v) is 6.16. The minimum Gasteiger partial charge on any atom is -0.445 e. The minimum absolute atomic E-state index is 0.228. The molecule has 0 radical (unpaired) electrons. The topological polar surface area (TPSA) is 50.4 Å². The molecule has 2 aliphatic carbocycles. The van der Waals surface area contributed by atoms with Crippen LogP contribution in [0.25, 0.3) is 0 Å². The van der Waals surface area contributed by atoms with Crippen molar-refractivity contribution in [1.29, 1.82) is 0 Å². The Morgan fingerprint density at radius 2 is 2.00 bits per heavy atom. The lowest BCUT2D eigenvalue weighted by atomic mass is 9.84. The largest absolute Gasteiger partial charge is 0.445 e. The van der Waals surface area contributed by atoms with Crippen LogP contribution in [-0.4, -0.2) is 18.2 Å². The molecule has 2 N–H and O–H groups in total. The van der Waals surface area contributed by atoms with Gasteiger partial charge in [-0.25, -0.2) is 4.79 Å². The van der Waals surface area contributed by atoms with Gasteiger partial charge in [-0.05, 0) is 54.7 Å². The van der Waals surface area contributed by atoms with Gasteiger partial charge in [-0.2, -0.15) is 0 Å². The molecule has 5 heteroatoms. The molecule has 0 bridgehead atoms. The van der Waals surface area contributed by atoms with Gasteiger partial charge in [0.15, 0.2) is 0 Å². The highest BCUT2D eigenvalue weighted by Crippen LogP contribution is 2.35. The first-order chi connectivity index (χ1) is 12.3. The summed E-state index contributed by atoms with van der Waals surface area (Å²) < 4.78 is 5.29. The Morgan fingerprint density at radius 1 is 1.16 bits per heavy atom. The fourth-order valence-corrected chi connectivity index (χ4v) is 4.73. The van der Waals surface area contributed by atoms with Gasteiger partial charge in [0.2, 0.25) is 0 Å². The Hall–Kier alpha value is -1.85. The quantitative estimate of drug-likeness (QED) is 0.845. The fraction of sp³-hybridized carbons (Fsp3) is 0.450. The Labute approximate surface area is 152 Å². The first-order valence-electron chi connectivity index (χ1n) is 9.07. The van der Waals surface area contributed by atoms with Crippen LogP contribution in [0.4, 0.5) is 4.79 Å². The number of aryl methyl sites for hydroxylation is 1. The number of hydrogen-bond donors (Lipinski definition) is 2. The molecular weight excluding hydrogens is 332 g/mol. The summed E-state index contributed by atoms with van der Waals surface area (Å²) >= 11 is 1.88. The summed E-state index contributed by atoms with van der Waals surface area (Å²) in [7, 11) is 0. The normalized spacial score (nSPS) is 24.9. The number of rotatable bonds is 5. The molecule has 0 aliphatic heterocycles. The Bertz CT molecular complexity index is 709. The number of fused-ring (bicyclic) bond motifs is 1. The van der Waals surface area contributed by atoms with Crippen molar-refractivity contribution >= 4 is 17.4 Å². The zero-order chi connectivity index (χ0) is 17.1. The Balaban J connectivity index is 1.18. The van der Waals surface area contributed by atoms with Crippen molar-refractivity contribution in [2.24, 2.45) is 0 Å². The molecule has 1 aromatic heterocycles. The molecule has 4 rings (SSSR count). The van der Waals surface area contributed by atoms with Crippen LogP contribution in [0.5, 0.6) is 0 Å². The molecule has 2 aliphatic rings. The smallest absolute Gasteiger partial charge is 0.407 e. The molecule has 0 saturated heterocycles. The number of alkyl carbamates (subject to hydrolysis) is 1. The van der Waals surface area contributed by atoms with Gasteiger partial charge < -0.3 is 15.4 Å². The van der Waals surface area contributed by atoms with E-state index in [0.717, 1.165) is 18.4 Å². The van der Waals surface area contributed by atoms with Crippen molar-refractivity contribution in [2.75, 3.05) is 0 Å². The molecule has 2 aromatic rings. The van der Waals surface area contributed by atoms with Crippen LogP contribution in [0.2, 0.25) is 0 Å². The Morgan fingerprint density at radius 3 is 2.84 bits per heavy atom. The average molecular weight is 356 g/mol. The molecule has 1 heterocycles. The summed E-state index contributed by atoms with van der Waals surface area (Å²) in [5.41, 5.74) is 2.50. The summed E-state index contributed by atoms with van der Waals surface area (Å²) in [6, 6.07) is 13.3. The number of carbonyl (C=O) groups is 1. The van der Waals surface area contributed by atoms with Gasteiger partial charge in [0.1, 0.15) is 6.61 Å². The molecule has 1 fully saturated rings. The van der Waals surface area contributed by atoms with Gasteiger partial charge in [0, 0.05) is 23.0 Å². The molecule has 132 valence electrons. The van der Waals surface area contributed by atoms with E-state index in [9.17, 15) is 4.79 Å². The first-order valence-corrected chi connectivity index (χ1v) is 9.95. The van der Waals surface area contributed by atoms with Crippen LogP contribution in [0, 0.1) is 0 Å². The van der Waals surface area contributed by atoms with E-state index in [2.05, 4.69) is 22.1 Å². The first kappa shape index (κ1) is 16.6. The van der Waals surface area contributed by atoms with E-state index in [4.69, 9.17) is 4.74 Å². The van der Waals surface area contributed by atoms with Gasteiger partial charge >= 0.3 is 6.09 Å². The molecule has 1 unspecified atom stereocenters. The number of thiophene rings is 1. The van der Waals surface area contributed by atoms with Gasteiger partial charge in [0.05, 0.1) is 0 Å². The lowest BCUT2D eigenvalue weighted by Crippen LogP contribution is -2.53. The standard InChI is InChI=1S/C20H24N2O2S/c23-20(24-13-14-5-2-1-3-6-14)22-16-11-15(12-16)21-18-7-4-8-19-17(18)9-10-25-19/h1-3,5-6,9-10,15-16,18,21H,4,7-8,11-13H2,(H,22,23). The number of benzene rings is 1. The van der Waals surface area contributed by atoms with E-state index in [1.54, 1.807) is 4.88 Å². The van der Waals surface area contributed by atoms with Crippen molar-refractivity contribution in [3.8, 4) is 0 Å². The maximum atomic E-state index is 11.9. The summed E-state index contributed by atoms with van der Waals surface area (Å²) in [5.74, 6) is 0. The molecule has 1 amide bonds. The number of carbonyl (C=O) groups excluding carboxylic acids is 1. The van der Waals surface area contributed by atoms with E-state index in [1.807, 2.05) is 41.7 Å². The number of hydrogen-bond acceptors (Lipinski definition) is 4. The van der Waals surface area contributed by atoms with Crippen LogP contribution in [0.1, 0.15) is 47.7 Å². The van der Waals surface area contributed by atoms with E-state index in [1.165, 1.54) is 24.8 Å². The van der Waals surface area contributed by atoms with Crippen LogP contribution >= 0.6 is 11.3 Å². The molecule has 4 nitrogen and oxygen atoms in total. The van der Waals surface area contributed by atoms with E-state index >= 15 is 0 Å². The summed E-state index contributed by atoms with van der Waals surface area (Å²) in [4.78, 5) is 13.4. The third-order valence-electron chi connectivity index (χ3n) is 5.16. The second kappa shape index (κ2) is 7.58. The second-order valence-electron chi connectivity index (χ2n) is 6.98. The summed E-state index contributed by atoms with van der Waals surface area (Å²) in [6.45, 7) is 0.323. The van der Waals surface area contributed by atoms with Crippen LogP contribution in [-0.2, 0) is 17.8 Å². The van der Waals surface area contributed by atoms with Gasteiger partial charge in [-0.15, -0.1) is 11.3 Å². The van der Waals surface area contributed by atoms with Crippen molar-refractivity contribution in [3.63, 3.8) is 0 Å². The van der Waals surface area contributed by atoms with Crippen molar-refractivity contribution < 1.29 is 9.53 Å². The lowest BCUT2D eigenvalue weighted by molar-refractivity contribution is 0.124. The minimum atomic E-state index is -0.315. The monoisotopic (exact) mass is 356 g/mol. The van der Waals surface area contributed by atoms with E-state index in [0.29, 0.717) is 18.7 Å². The van der Waals surface area contributed by atoms with Gasteiger partial charge in [-0.1, -0.05) is 30.3 Å². The van der Waals surface area contributed by atoms with E-state index in [-0.39, 0.29) is 12.1 Å². The third kappa shape index (κ3) is 4.05. The zero-order valence-corrected chi connectivity index (χ0v) is 15.1. The maximum absolute atomic E-state index is 11.9. The SMILES string of the molecule is O=C(NC1CC(NC2CCCc3sccc32)C1)OCc1ccccc1. The predicted octanol–water partition coefficient (Wildman–Crippen LogP) is 4.17. The highest BCUT2D eigenvalue weighted by atomic mass is 32.1. The maximum Gasteiger partial charge on any atom is 0.407 e. The number of amides is 1. The molecule has 1 saturated carbocycles. The Kier molecular flexibility index (Phi) is 5.04. The molecule has 25 heavy (non-hydrogen) atoms. The highest BCUT2D eigenvalue weighted by Gasteiger charge is 2.33. The van der Waals surface area contributed by atoms with Crippen molar-refractivity contribution in [3.05, 3.63) is 57.8 Å². The summed E-state index contributed by atoms with van der Waals surface area (Å²) in [5, 5.41) is 8.95. The van der Waals surface area contributed by atoms with Crippen LogP contribution in [0.3, 0.4) is 0 Å². The summed E-state index contributed by atoms with van der Waals surface area (Å²) in [6.07, 6.45) is 5.37. The van der Waals surface area contributed by atoms with Gasteiger partial charge in [0.25, 0.3) is 0 Å². The molecular formula is C20H24N2O2S. The highest BCUT2D eigenvalue weighted by molar-refractivity contribution is 7.10. The van der Waals surface area contributed by atoms with Crippen LogP contribution < -0.4 is 10.6 Å². The van der Waals surface area contributed by atoms with Crippen molar-refractivity contribution in [2.45, 2.75) is 56.8 Å². The molecule has 1 atom stereocenters. The molecule has 1 aromatic carbocycles. The van der Waals surface area contributed by atoms with Crippen molar-refractivity contribution in [1.82, 2.24) is 10.6 Å². The fourth-order valence-electron chi connectivity index (χ4n) is 3.75. The number of nitrogens with one attached hydrogen (secondary N) is 2. The van der Waals surface area contributed by atoms with E-state index < -0.39 is 0 Å². The average Bonchev–Trinajstić information content (AvgIpc) is 3.08. The van der Waals surface area contributed by atoms with Crippen LogP contribution in [0.15, 0.2) is 41.8 Å². The van der Waals surface area contributed by atoms with Gasteiger partial charge in [-0.3, -0.25) is 0 Å².